The van der Waals surface area contributed by atoms with E-state index in [2.05, 4.69) is 26.0 Å². The van der Waals surface area contributed by atoms with Crippen LogP contribution in [0.15, 0.2) is 24.3 Å². The second-order valence-electron chi connectivity index (χ2n) is 11.7. The maximum Gasteiger partial charge on any atom is 0.436 e. The Morgan fingerprint density at radius 3 is 1.35 bits per heavy atom. The lowest BCUT2D eigenvalue weighted by atomic mass is 9.69. The second kappa shape index (κ2) is 11.8. The first-order chi connectivity index (χ1) is 17.5. The molecule has 204 valence electrons. The summed E-state index contributed by atoms with van der Waals surface area (Å²) in [6, 6.07) is 8.02. The van der Waals surface area contributed by atoms with Gasteiger partial charge in [-0.15, -0.1) is 8.39 Å². The van der Waals surface area contributed by atoms with Crippen molar-refractivity contribution in [3.05, 3.63) is 57.6 Å². The van der Waals surface area contributed by atoms with Gasteiger partial charge in [-0.1, -0.05) is 87.8 Å². The SMILES string of the molecule is Cc1cc(Cc2cc(C)cc(C3(C)CCCCC3)c2OP(O)F)c(OP(O)F)c(C2(C)CCCCC2)c1. The molecule has 0 aromatic heterocycles. The van der Waals surface area contributed by atoms with Crippen molar-refractivity contribution in [1.82, 2.24) is 0 Å². The minimum atomic E-state index is -3.12. The number of aryl methyl sites for hydroxylation is 2. The average molecular weight is 553 g/mol. The van der Waals surface area contributed by atoms with Gasteiger partial charge in [0.1, 0.15) is 11.5 Å². The van der Waals surface area contributed by atoms with E-state index >= 15 is 0 Å². The molecule has 0 radical (unpaired) electrons. The Morgan fingerprint density at radius 1 is 0.676 bits per heavy atom. The van der Waals surface area contributed by atoms with Gasteiger partial charge < -0.3 is 18.8 Å². The first-order valence-corrected chi connectivity index (χ1v) is 15.6. The number of benzene rings is 2. The third-order valence-corrected chi connectivity index (χ3v) is 9.22. The molecule has 0 saturated heterocycles. The molecular formula is C29H40F2O4P2. The molecular weight excluding hydrogens is 512 g/mol. The monoisotopic (exact) mass is 552 g/mol. The molecule has 2 fully saturated rings. The Morgan fingerprint density at radius 2 is 1.03 bits per heavy atom. The predicted octanol–water partition coefficient (Wildman–Crippen LogP) is 9.47. The Balaban J connectivity index is 1.86. The van der Waals surface area contributed by atoms with Gasteiger partial charge in [-0.05, 0) is 61.5 Å². The first-order valence-electron chi connectivity index (χ1n) is 13.4. The highest BCUT2D eigenvalue weighted by molar-refractivity contribution is 7.40. The molecule has 0 heterocycles. The molecule has 2 unspecified atom stereocenters. The van der Waals surface area contributed by atoms with E-state index in [0.29, 0.717) is 17.9 Å². The van der Waals surface area contributed by atoms with Crippen LogP contribution in [-0.4, -0.2) is 9.79 Å². The highest BCUT2D eigenvalue weighted by Gasteiger charge is 2.36. The molecule has 2 N–H and O–H groups in total. The van der Waals surface area contributed by atoms with Crippen molar-refractivity contribution >= 4 is 17.4 Å². The van der Waals surface area contributed by atoms with Crippen molar-refractivity contribution in [1.29, 1.82) is 0 Å². The topological polar surface area (TPSA) is 58.9 Å². The van der Waals surface area contributed by atoms with Crippen LogP contribution in [0.25, 0.3) is 0 Å². The number of halogens is 2. The van der Waals surface area contributed by atoms with Crippen LogP contribution in [0.3, 0.4) is 0 Å². The maximum atomic E-state index is 14.0. The lowest BCUT2D eigenvalue weighted by Gasteiger charge is -2.37. The molecule has 2 aromatic carbocycles. The van der Waals surface area contributed by atoms with Crippen LogP contribution in [0.5, 0.6) is 11.5 Å². The van der Waals surface area contributed by atoms with Gasteiger partial charge in [0, 0.05) is 17.5 Å². The van der Waals surface area contributed by atoms with Crippen molar-refractivity contribution in [2.24, 2.45) is 0 Å². The molecule has 37 heavy (non-hydrogen) atoms. The van der Waals surface area contributed by atoms with Crippen LogP contribution in [0.4, 0.5) is 8.39 Å². The second-order valence-corrected chi connectivity index (χ2v) is 12.9. The van der Waals surface area contributed by atoms with E-state index < -0.39 is 17.4 Å². The lowest BCUT2D eigenvalue weighted by Crippen LogP contribution is -2.26. The van der Waals surface area contributed by atoms with Gasteiger partial charge in [-0.2, -0.15) is 0 Å². The van der Waals surface area contributed by atoms with Gasteiger partial charge in [0.25, 0.3) is 0 Å². The molecule has 4 rings (SSSR count). The normalized spacial score (nSPS) is 20.8. The van der Waals surface area contributed by atoms with Gasteiger partial charge in [0.2, 0.25) is 0 Å². The molecule has 2 atom stereocenters. The lowest BCUT2D eigenvalue weighted by molar-refractivity contribution is 0.310. The van der Waals surface area contributed by atoms with Crippen LogP contribution in [-0.2, 0) is 17.3 Å². The minimum Gasteiger partial charge on any atom is -0.423 e. The summed E-state index contributed by atoms with van der Waals surface area (Å²) in [5, 5.41) is 0. The third kappa shape index (κ3) is 6.64. The molecule has 2 saturated carbocycles. The highest BCUT2D eigenvalue weighted by Crippen LogP contribution is 2.51. The largest absolute Gasteiger partial charge is 0.436 e. The van der Waals surface area contributed by atoms with E-state index in [1.807, 2.05) is 26.0 Å². The maximum absolute atomic E-state index is 14.0. The van der Waals surface area contributed by atoms with Crippen LogP contribution in [0.1, 0.15) is 111 Å². The van der Waals surface area contributed by atoms with E-state index in [0.717, 1.165) is 84.7 Å². The van der Waals surface area contributed by atoms with Crippen LogP contribution in [0.2, 0.25) is 0 Å². The van der Waals surface area contributed by atoms with Crippen molar-refractivity contribution in [2.75, 3.05) is 0 Å². The van der Waals surface area contributed by atoms with Gasteiger partial charge in [-0.25, -0.2) is 0 Å². The van der Waals surface area contributed by atoms with Crippen LogP contribution < -0.4 is 9.05 Å². The zero-order valence-corrected chi connectivity index (χ0v) is 24.2. The number of rotatable bonds is 8. The zero-order valence-electron chi connectivity index (χ0n) is 22.4. The van der Waals surface area contributed by atoms with Gasteiger partial charge in [0.05, 0.1) is 0 Å². The fourth-order valence-corrected chi connectivity index (χ4v) is 7.36. The summed E-state index contributed by atoms with van der Waals surface area (Å²) >= 11 is 0. The Bertz CT molecular complexity index is 1010. The first kappa shape index (κ1) is 28.7. The van der Waals surface area contributed by atoms with Crippen molar-refractivity contribution < 1.29 is 27.2 Å². The average Bonchev–Trinajstić information content (AvgIpc) is 2.82. The Hall–Kier alpha value is -1.32. The van der Waals surface area contributed by atoms with E-state index in [4.69, 9.17) is 9.05 Å². The summed E-state index contributed by atoms with van der Waals surface area (Å²) in [4.78, 5) is 19.4. The molecule has 8 heteroatoms. The van der Waals surface area contributed by atoms with Crippen molar-refractivity contribution in [2.45, 2.75) is 109 Å². The van der Waals surface area contributed by atoms with Gasteiger partial charge in [-0.3, -0.25) is 0 Å². The fourth-order valence-electron chi connectivity index (χ4n) is 6.63. The van der Waals surface area contributed by atoms with Gasteiger partial charge in [0.15, 0.2) is 0 Å². The van der Waals surface area contributed by atoms with E-state index in [-0.39, 0.29) is 10.8 Å². The van der Waals surface area contributed by atoms with Crippen LogP contribution >= 0.6 is 17.4 Å². The summed E-state index contributed by atoms with van der Waals surface area (Å²) in [5.74, 6) is 0.769. The molecule has 0 aliphatic heterocycles. The predicted molar refractivity (Wildman–Crippen MR) is 148 cm³/mol. The fraction of sp³-hybridized carbons (Fsp3) is 0.586. The molecule has 2 aliphatic carbocycles. The molecule has 2 aliphatic rings. The molecule has 0 amide bonds. The third-order valence-electron chi connectivity index (χ3n) is 8.55. The quantitative estimate of drug-likeness (QED) is 0.320. The molecule has 0 spiro atoms. The molecule has 0 bridgehead atoms. The Kier molecular flexibility index (Phi) is 9.17. The van der Waals surface area contributed by atoms with Crippen molar-refractivity contribution in [3.63, 3.8) is 0 Å². The summed E-state index contributed by atoms with van der Waals surface area (Å²) in [6.45, 7) is 8.41. The summed E-state index contributed by atoms with van der Waals surface area (Å²) in [6.07, 6.45) is 10.9. The summed E-state index contributed by atoms with van der Waals surface area (Å²) in [7, 11) is -6.23. The summed E-state index contributed by atoms with van der Waals surface area (Å²) < 4.78 is 39.2. The highest BCUT2D eigenvalue weighted by atomic mass is 31.2. The smallest absolute Gasteiger partial charge is 0.423 e. The Labute approximate surface area is 222 Å². The minimum absolute atomic E-state index is 0.176. The standard InChI is InChI=1S/C29H40F2O4P2/c1-20-15-22(26(34-36(30)32)24(17-20)28(3)11-7-5-8-12-28)19-23-16-21(2)18-25(27(23)35-37(31)33)29(4)13-9-6-10-14-29/h15-18,32-33H,5-14,19H2,1-4H3. The van der Waals surface area contributed by atoms with Crippen molar-refractivity contribution in [3.8, 4) is 11.5 Å². The van der Waals surface area contributed by atoms with Gasteiger partial charge >= 0.3 is 17.4 Å². The summed E-state index contributed by atoms with van der Waals surface area (Å²) in [5.41, 5.74) is 5.01. The molecule has 2 aromatic rings. The number of hydrogen-bond acceptors (Lipinski definition) is 4. The van der Waals surface area contributed by atoms with E-state index in [1.165, 1.54) is 12.8 Å². The number of hydrogen-bond donors (Lipinski definition) is 2. The van der Waals surface area contributed by atoms with E-state index in [9.17, 15) is 18.2 Å². The zero-order chi connectivity index (χ0) is 26.8. The molecule has 4 nitrogen and oxygen atoms in total. The van der Waals surface area contributed by atoms with E-state index in [1.54, 1.807) is 0 Å². The van der Waals surface area contributed by atoms with Crippen LogP contribution in [0, 0.1) is 13.8 Å².